The number of carbonyl (C=O) groups excluding carboxylic acids is 2. The predicted molar refractivity (Wildman–Crippen MR) is 107 cm³/mol. The number of halogens is 1. The van der Waals surface area contributed by atoms with Crippen LogP contribution in [0, 0.1) is 11.3 Å². The van der Waals surface area contributed by atoms with Crippen molar-refractivity contribution in [2.75, 3.05) is 37.7 Å². The third-order valence-electron chi connectivity index (χ3n) is 4.66. The summed E-state index contributed by atoms with van der Waals surface area (Å²) in [5.74, 6) is 0.456. The minimum Gasteiger partial charge on any atom is -0.484 e. The second-order valence-corrected chi connectivity index (χ2v) is 6.95. The minimum absolute atomic E-state index is 0.0375. The van der Waals surface area contributed by atoms with Gasteiger partial charge in [0, 0.05) is 42.5 Å². The van der Waals surface area contributed by atoms with Crippen molar-refractivity contribution in [3.05, 3.63) is 58.6 Å². The summed E-state index contributed by atoms with van der Waals surface area (Å²) in [6, 6.07) is 14.0. The number of benzene rings is 2. The zero-order chi connectivity index (χ0) is 20.1. The highest BCUT2D eigenvalue weighted by Gasteiger charge is 2.24. The summed E-state index contributed by atoms with van der Waals surface area (Å²) in [7, 11) is 0. The van der Waals surface area contributed by atoms with Gasteiger partial charge in [-0.3, -0.25) is 9.59 Å². The molecule has 0 spiro atoms. The first-order valence-electron chi connectivity index (χ1n) is 8.94. The van der Waals surface area contributed by atoms with Crippen molar-refractivity contribution < 1.29 is 14.3 Å². The Bertz CT molecular complexity index is 913. The Morgan fingerprint density at radius 2 is 1.79 bits per heavy atom. The van der Waals surface area contributed by atoms with Crippen LogP contribution in [0.2, 0.25) is 5.02 Å². The lowest BCUT2D eigenvalue weighted by Gasteiger charge is -2.36. The van der Waals surface area contributed by atoms with Crippen LogP contribution < -0.4 is 9.64 Å². The number of ether oxygens (including phenoxy) is 1. The van der Waals surface area contributed by atoms with E-state index in [9.17, 15) is 9.59 Å². The Kier molecular flexibility index (Phi) is 6.17. The summed E-state index contributed by atoms with van der Waals surface area (Å²) in [5, 5.41) is 9.76. The van der Waals surface area contributed by atoms with Crippen molar-refractivity contribution in [2.24, 2.45) is 0 Å². The SMILES string of the molecule is CC(=O)c1ccc(C#N)cc1N1CCN(C(=O)COc2ccc(Cl)cc2)CC1. The molecule has 0 saturated carbocycles. The van der Waals surface area contributed by atoms with Crippen molar-refractivity contribution in [1.29, 1.82) is 5.26 Å². The largest absolute Gasteiger partial charge is 0.484 e. The fourth-order valence-electron chi connectivity index (χ4n) is 3.12. The fraction of sp³-hybridized carbons (Fsp3) is 0.286. The summed E-state index contributed by atoms with van der Waals surface area (Å²) in [6.45, 7) is 3.70. The Hall–Kier alpha value is -3.04. The normalized spacial score (nSPS) is 13.8. The Balaban J connectivity index is 1.60. The van der Waals surface area contributed by atoms with Crippen LogP contribution in [0.15, 0.2) is 42.5 Å². The quantitative estimate of drug-likeness (QED) is 0.724. The van der Waals surface area contributed by atoms with Crippen molar-refractivity contribution in [3.8, 4) is 11.8 Å². The van der Waals surface area contributed by atoms with Crippen molar-refractivity contribution in [1.82, 2.24) is 4.90 Å². The van der Waals surface area contributed by atoms with Crippen molar-refractivity contribution in [3.63, 3.8) is 0 Å². The maximum absolute atomic E-state index is 12.4. The number of piperazine rings is 1. The molecule has 1 aliphatic rings. The molecule has 0 unspecified atom stereocenters. The first kappa shape index (κ1) is 19.7. The molecule has 0 bridgehead atoms. The summed E-state index contributed by atoms with van der Waals surface area (Å²) >= 11 is 5.84. The number of amides is 1. The summed E-state index contributed by atoms with van der Waals surface area (Å²) < 4.78 is 5.52. The molecule has 1 amide bonds. The predicted octanol–water partition coefficient (Wildman–Crippen LogP) is 3.14. The first-order chi connectivity index (χ1) is 13.5. The molecule has 0 N–H and O–H groups in total. The Labute approximate surface area is 168 Å². The highest BCUT2D eigenvalue weighted by atomic mass is 35.5. The van der Waals surface area contributed by atoms with Gasteiger partial charge in [0.2, 0.25) is 0 Å². The van der Waals surface area contributed by atoms with E-state index in [2.05, 4.69) is 6.07 Å². The zero-order valence-electron chi connectivity index (χ0n) is 15.5. The molecule has 1 heterocycles. The molecule has 1 aliphatic heterocycles. The number of hydrogen-bond donors (Lipinski definition) is 0. The number of nitrogens with zero attached hydrogens (tertiary/aromatic N) is 3. The van der Waals surface area contributed by atoms with Gasteiger partial charge in [-0.15, -0.1) is 0 Å². The van der Waals surface area contributed by atoms with Crippen LogP contribution in [0.5, 0.6) is 5.75 Å². The van der Waals surface area contributed by atoms with Crippen molar-refractivity contribution in [2.45, 2.75) is 6.92 Å². The Morgan fingerprint density at radius 1 is 1.11 bits per heavy atom. The molecule has 0 aliphatic carbocycles. The number of ketones is 1. The van der Waals surface area contributed by atoms with Crippen molar-refractivity contribution >= 4 is 29.0 Å². The van der Waals surface area contributed by atoms with E-state index in [4.69, 9.17) is 21.6 Å². The van der Waals surface area contributed by atoms with Gasteiger partial charge in [0.25, 0.3) is 5.91 Å². The lowest BCUT2D eigenvalue weighted by atomic mass is 10.0. The highest BCUT2D eigenvalue weighted by molar-refractivity contribution is 6.30. The van der Waals surface area contributed by atoms with Gasteiger partial charge in [0.05, 0.1) is 11.6 Å². The zero-order valence-corrected chi connectivity index (χ0v) is 16.3. The van der Waals surface area contributed by atoms with Crippen LogP contribution in [0.25, 0.3) is 0 Å². The molecular weight excluding hydrogens is 378 g/mol. The molecule has 144 valence electrons. The lowest BCUT2D eigenvalue weighted by Crippen LogP contribution is -2.50. The Morgan fingerprint density at radius 3 is 2.39 bits per heavy atom. The third kappa shape index (κ3) is 4.62. The molecule has 28 heavy (non-hydrogen) atoms. The summed E-state index contributed by atoms with van der Waals surface area (Å²) in [4.78, 5) is 28.1. The number of Topliss-reactive ketones (excluding diaryl/α,β-unsaturated/α-hetero) is 1. The molecular formula is C21H20ClN3O3. The molecule has 3 rings (SSSR count). The van der Waals surface area contributed by atoms with Crippen LogP contribution in [0.4, 0.5) is 5.69 Å². The number of hydrogen-bond acceptors (Lipinski definition) is 5. The van der Waals surface area contributed by atoms with Crippen LogP contribution in [0.3, 0.4) is 0 Å². The van der Waals surface area contributed by atoms with E-state index in [0.29, 0.717) is 48.1 Å². The molecule has 2 aromatic carbocycles. The molecule has 6 nitrogen and oxygen atoms in total. The van der Waals surface area contributed by atoms with E-state index in [0.717, 1.165) is 5.69 Å². The van der Waals surface area contributed by atoms with Gasteiger partial charge in [-0.05, 0) is 49.4 Å². The molecule has 0 radical (unpaired) electrons. The lowest BCUT2D eigenvalue weighted by molar-refractivity contribution is -0.133. The minimum atomic E-state index is -0.0906. The highest BCUT2D eigenvalue weighted by Crippen LogP contribution is 2.24. The molecule has 7 heteroatoms. The maximum atomic E-state index is 12.4. The van der Waals surface area contributed by atoms with E-state index >= 15 is 0 Å². The smallest absolute Gasteiger partial charge is 0.260 e. The summed E-state index contributed by atoms with van der Waals surface area (Å²) in [6.07, 6.45) is 0. The van der Waals surface area contributed by atoms with Crippen LogP contribution >= 0.6 is 11.6 Å². The second-order valence-electron chi connectivity index (χ2n) is 6.51. The number of rotatable bonds is 5. The van der Waals surface area contributed by atoms with Gasteiger partial charge < -0.3 is 14.5 Å². The monoisotopic (exact) mass is 397 g/mol. The van der Waals surface area contributed by atoms with Crippen LogP contribution in [-0.4, -0.2) is 49.4 Å². The van der Waals surface area contributed by atoms with E-state index in [-0.39, 0.29) is 18.3 Å². The summed E-state index contributed by atoms with van der Waals surface area (Å²) in [5.41, 5.74) is 1.84. The average molecular weight is 398 g/mol. The van der Waals surface area contributed by atoms with E-state index in [1.54, 1.807) is 47.4 Å². The van der Waals surface area contributed by atoms with E-state index in [1.807, 2.05) is 4.90 Å². The van der Waals surface area contributed by atoms with Gasteiger partial charge in [0.15, 0.2) is 12.4 Å². The molecule has 0 atom stereocenters. The van der Waals surface area contributed by atoms with Crippen LogP contribution in [-0.2, 0) is 4.79 Å². The second kappa shape index (κ2) is 8.77. The number of anilines is 1. The molecule has 1 saturated heterocycles. The molecule has 0 aromatic heterocycles. The maximum Gasteiger partial charge on any atom is 0.260 e. The fourth-order valence-corrected chi connectivity index (χ4v) is 3.25. The van der Waals surface area contributed by atoms with Crippen LogP contribution in [0.1, 0.15) is 22.8 Å². The van der Waals surface area contributed by atoms with Gasteiger partial charge in [0.1, 0.15) is 5.75 Å². The van der Waals surface area contributed by atoms with E-state index < -0.39 is 0 Å². The number of nitriles is 1. The standard InChI is InChI=1S/C21H20ClN3O3/c1-15(26)19-7-2-16(13-23)12-20(19)24-8-10-25(11-9-24)21(27)14-28-18-5-3-17(22)4-6-18/h2-7,12H,8-11,14H2,1H3. The molecule has 1 fully saturated rings. The number of carbonyl (C=O) groups is 2. The van der Waals surface area contributed by atoms with Gasteiger partial charge >= 0.3 is 0 Å². The van der Waals surface area contributed by atoms with Gasteiger partial charge in [-0.2, -0.15) is 5.26 Å². The molecule has 2 aromatic rings. The van der Waals surface area contributed by atoms with Gasteiger partial charge in [-0.1, -0.05) is 11.6 Å². The third-order valence-corrected chi connectivity index (χ3v) is 4.91. The average Bonchev–Trinajstić information content (AvgIpc) is 2.72. The van der Waals surface area contributed by atoms with E-state index in [1.165, 1.54) is 6.92 Å². The first-order valence-corrected chi connectivity index (χ1v) is 9.32. The van der Waals surface area contributed by atoms with Gasteiger partial charge in [-0.25, -0.2) is 0 Å². The topological polar surface area (TPSA) is 73.6 Å².